The van der Waals surface area contributed by atoms with Crippen LogP contribution in [0.15, 0.2) is 24.3 Å². The van der Waals surface area contributed by atoms with E-state index < -0.39 is 0 Å². The summed E-state index contributed by atoms with van der Waals surface area (Å²) < 4.78 is 4.55. The van der Waals surface area contributed by atoms with Gasteiger partial charge in [0.15, 0.2) is 0 Å². The van der Waals surface area contributed by atoms with Crippen LogP contribution in [0.2, 0.25) is 0 Å². The summed E-state index contributed by atoms with van der Waals surface area (Å²) >= 11 is 0. The monoisotopic (exact) mass is 278 g/mol. The van der Waals surface area contributed by atoms with Crippen LogP contribution in [0.5, 0.6) is 0 Å². The second-order valence-corrected chi connectivity index (χ2v) is 4.64. The molecule has 0 heterocycles. The fourth-order valence-electron chi connectivity index (χ4n) is 1.77. The highest BCUT2D eigenvalue weighted by atomic mass is 16.5. The Balaban J connectivity index is 2.10. The zero-order valence-electron chi connectivity index (χ0n) is 12.1. The molecule has 0 saturated heterocycles. The zero-order valence-corrected chi connectivity index (χ0v) is 12.1. The van der Waals surface area contributed by atoms with Crippen LogP contribution >= 0.6 is 0 Å². The fourth-order valence-corrected chi connectivity index (χ4v) is 1.77. The van der Waals surface area contributed by atoms with Gasteiger partial charge in [0, 0.05) is 18.7 Å². The molecule has 0 spiro atoms. The van der Waals surface area contributed by atoms with Crippen LogP contribution in [-0.4, -0.2) is 25.7 Å². The Labute approximate surface area is 119 Å². The lowest BCUT2D eigenvalue weighted by Crippen LogP contribution is -2.29. The first-order valence-electron chi connectivity index (χ1n) is 6.80. The van der Waals surface area contributed by atoms with Crippen LogP contribution in [0.25, 0.3) is 0 Å². The molecule has 0 radical (unpaired) electrons. The molecule has 0 aliphatic carbocycles. The highest BCUT2D eigenvalue weighted by Gasteiger charge is 2.02. The Morgan fingerprint density at radius 1 is 1.20 bits per heavy atom. The molecule has 0 aliphatic rings. The van der Waals surface area contributed by atoms with Crippen molar-refractivity contribution in [3.05, 3.63) is 29.8 Å². The average molecular weight is 278 g/mol. The van der Waals surface area contributed by atoms with Crippen LogP contribution in [0, 0.1) is 6.92 Å². The third-order valence-electron chi connectivity index (χ3n) is 2.85. The number of methoxy groups -OCH3 is 1. The van der Waals surface area contributed by atoms with Crippen molar-refractivity contribution in [1.29, 1.82) is 0 Å². The molecule has 1 rings (SSSR count). The molecule has 5 heteroatoms. The summed E-state index contributed by atoms with van der Waals surface area (Å²) in [5, 5.41) is 5.56. The second-order valence-electron chi connectivity index (χ2n) is 4.64. The molecule has 0 unspecified atom stereocenters. The van der Waals surface area contributed by atoms with Gasteiger partial charge in [0.2, 0.25) is 0 Å². The number of amides is 2. The van der Waals surface area contributed by atoms with Gasteiger partial charge in [0.25, 0.3) is 0 Å². The smallest absolute Gasteiger partial charge is 0.319 e. The number of urea groups is 1. The van der Waals surface area contributed by atoms with E-state index in [1.807, 2.05) is 31.2 Å². The van der Waals surface area contributed by atoms with E-state index in [-0.39, 0.29) is 12.0 Å². The first-order valence-corrected chi connectivity index (χ1v) is 6.80. The first kappa shape index (κ1) is 16.0. The number of rotatable bonds is 7. The highest BCUT2D eigenvalue weighted by Crippen LogP contribution is 2.09. The highest BCUT2D eigenvalue weighted by molar-refractivity contribution is 5.89. The number of aryl methyl sites for hydroxylation is 1. The van der Waals surface area contributed by atoms with Gasteiger partial charge in [-0.15, -0.1) is 0 Å². The number of anilines is 1. The maximum absolute atomic E-state index is 11.6. The van der Waals surface area contributed by atoms with Gasteiger partial charge in [-0.2, -0.15) is 0 Å². The number of carbonyl (C=O) groups excluding carboxylic acids is 2. The number of carbonyl (C=O) groups is 2. The molecule has 2 N–H and O–H groups in total. The van der Waals surface area contributed by atoms with Crippen molar-refractivity contribution in [2.45, 2.75) is 32.6 Å². The lowest BCUT2D eigenvalue weighted by molar-refractivity contribution is -0.140. The Morgan fingerprint density at radius 2 is 2.00 bits per heavy atom. The topological polar surface area (TPSA) is 67.4 Å². The SMILES string of the molecule is COC(=O)CCCCCNC(=O)Nc1cccc(C)c1. The number of benzene rings is 1. The van der Waals surface area contributed by atoms with Crippen molar-refractivity contribution in [1.82, 2.24) is 5.32 Å². The third kappa shape index (κ3) is 6.78. The molecule has 0 bridgehead atoms. The summed E-state index contributed by atoms with van der Waals surface area (Å²) in [4.78, 5) is 22.5. The largest absolute Gasteiger partial charge is 0.469 e. The summed E-state index contributed by atoms with van der Waals surface area (Å²) in [7, 11) is 1.39. The van der Waals surface area contributed by atoms with Crippen molar-refractivity contribution in [3.8, 4) is 0 Å². The number of unbranched alkanes of at least 4 members (excludes halogenated alkanes) is 2. The molecule has 1 aromatic carbocycles. The van der Waals surface area contributed by atoms with Gasteiger partial charge in [-0.25, -0.2) is 4.79 Å². The van der Waals surface area contributed by atoms with E-state index in [0.29, 0.717) is 13.0 Å². The standard InChI is InChI=1S/C15H22N2O3/c1-12-7-6-8-13(11-12)17-15(19)16-10-5-3-4-9-14(18)20-2/h6-8,11H,3-5,9-10H2,1-2H3,(H2,16,17,19). The molecule has 20 heavy (non-hydrogen) atoms. The molecule has 1 aromatic rings. The summed E-state index contributed by atoms with van der Waals surface area (Å²) in [6.07, 6.45) is 2.96. The molecule has 0 saturated carbocycles. The van der Waals surface area contributed by atoms with Gasteiger partial charge >= 0.3 is 12.0 Å². The molecule has 0 atom stereocenters. The normalized spacial score (nSPS) is 9.90. The van der Waals surface area contributed by atoms with Crippen molar-refractivity contribution < 1.29 is 14.3 Å². The van der Waals surface area contributed by atoms with E-state index in [4.69, 9.17) is 0 Å². The van der Waals surface area contributed by atoms with Crippen LogP contribution in [0.3, 0.4) is 0 Å². The summed E-state index contributed by atoms with van der Waals surface area (Å²) in [5.41, 5.74) is 1.89. The Kier molecular flexibility index (Phi) is 7.17. The minimum absolute atomic E-state index is 0.185. The third-order valence-corrected chi connectivity index (χ3v) is 2.85. The number of hydrogen-bond acceptors (Lipinski definition) is 3. The van der Waals surface area contributed by atoms with E-state index >= 15 is 0 Å². The van der Waals surface area contributed by atoms with Crippen molar-refractivity contribution in [2.24, 2.45) is 0 Å². The quantitative estimate of drug-likeness (QED) is 0.595. The van der Waals surface area contributed by atoms with Gasteiger partial charge in [-0.1, -0.05) is 18.6 Å². The van der Waals surface area contributed by atoms with Crippen LogP contribution in [0.1, 0.15) is 31.2 Å². The minimum atomic E-state index is -0.205. The minimum Gasteiger partial charge on any atom is -0.469 e. The molecule has 0 aromatic heterocycles. The lowest BCUT2D eigenvalue weighted by atomic mass is 10.2. The van der Waals surface area contributed by atoms with Gasteiger partial charge in [-0.05, 0) is 37.5 Å². The average Bonchev–Trinajstić information content (AvgIpc) is 2.42. The predicted octanol–water partition coefficient (Wildman–Crippen LogP) is 2.85. The summed E-state index contributed by atoms with van der Waals surface area (Å²) in [6.45, 7) is 2.57. The van der Waals surface area contributed by atoms with E-state index in [1.165, 1.54) is 7.11 Å². The molecular weight excluding hydrogens is 256 g/mol. The molecule has 110 valence electrons. The van der Waals surface area contributed by atoms with Crippen molar-refractivity contribution in [3.63, 3.8) is 0 Å². The van der Waals surface area contributed by atoms with Crippen molar-refractivity contribution >= 4 is 17.7 Å². The van der Waals surface area contributed by atoms with Crippen LogP contribution in [-0.2, 0) is 9.53 Å². The molecule has 5 nitrogen and oxygen atoms in total. The number of hydrogen-bond donors (Lipinski definition) is 2. The fraction of sp³-hybridized carbons (Fsp3) is 0.467. The van der Waals surface area contributed by atoms with Gasteiger partial charge in [-0.3, -0.25) is 4.79 Å². The second kappa shape index (κ2) is 8.96. The molecule has 2 amide bonds. The Bertz CT molecular complexity index is 446. The van der Waals surface area contributed by atoms with E-state index in [2.05, 4.69) is 15.4 Å². The molecule has 0 aliphatic heterocycles. The lowest BCUT2D eigenvalue weighted by Gasteiger charge is -2.08. The maximum atomic E-state index is 11.6. The van der Waals surface area contributed by atoms with Crippen LogP contribution in [0.4, 0.5) is 10.5 Å². The van der Waals surface area contributed by atoms with Gasteiger partial charge < -0.3 is 15.4 Å². The zero-order chi connectivity index (χ0) is 14.8. The van der Waals surface area contributed by atoms with Gasteiger partial charge in [0.05, 0.1) is 7.11 Å². The summed E-state index contributed by atoms with van der Waals surface area (Å²) in [5.74, 6) is -0.185. The maximum Gasteiger partial charge on any atom is 0.319 e. The summed E-state index contributed by atoms with van der Waals surface area (Å²) in [6, 6.07) is 7.43. The predicted molar refractivity (Wildman–Crippen MR) is 78.7 cm³/mol. The van der Waals surface area contributed by atoms with E-state index in [1.54, 1.807) is 0 Å². The van der Waals surface area contributed by atoms with E-state index in [9.17, 15) is 9.59 Å². The Morgan fingerprint density at radius 3 is 2.70 bits per heavy atom. The number of nitrogens with one attached hydrogen (secondary N) is 2. The Hall–Kier alpha value is -2.04. The molecule has 0 fully saturated rings. The first-order chi connectivity index (χ1) is 9.61. The molecular formula is C15H22N2O3. The number of ether oxygens (including phenoxy) is 1. The van der Waals surface area contributed by atoms with Gasteiger partial charge in [0.1, 0.15) is 0 Å². The van der Waals surface area contributed by atoms with E-state index in [0.717, 1.165) is 30.5 Å². The number of esters is 1. The van der Waals surface area contributed by atoms with Crippen LogP contribution < -0.4 is 10.6 Å². The van der Waals surface area contributed by atoms with Crippen molar-refractivity contribution in [2.75, 3.05) is 19.0 Å².